The van der Waals surface area contributed by atoms with E-state index in [9.17, 15) is 4.39 Å². The molecule has 1 fully saturated rings. The van der Waals surface area contributed by atoms with Gasteiger partial charge in [0, 0.05) is 12.6 Å². The minimum absolute atomic E-state index is 0.131. The molecule has 1 aromatic carbocycles. The number of nitrogens with zero attached hydrogens (tertiary/aromatic N) is 1. The van der Waals surface area contributed by atoms with Crippen LogP contribution in [0.4, 0.5) is 4.39 Å². The maximum atomic E-state index is 13.3. The molecule has 0 spiro atoms. The van der Waals surface area contributed by atoms with Crippen molar-refractivity contribution in [3.05, 3.63) is 35.1 Å². The molecule has 0 aromatic heterocycles. The van der Waals surface area contributed by atoms with Gasteiger partial charge in [0.1, 0.15) is 11.9 Å². The van der Waals surface area contributed by atoms with Crippen LogP contribution in [0.1, 0.15) is 56.6 Å². The molecule has 0 bridgehead atoms. The lowest BCUT2D eigenvalue weighted by atomic mass is 9.93. The van der Waals surface area contributed by atoms with Crippen LogP contribution in [0.2, 0.25) is 0 Å². The molecular formula is C17H23FN2. The molecule has 0 radical (unpaired) electrons. The standard InChI is InChI=1S/C17H23FN2/c1-13(15-6-4-2-3-5-7-15)20-12-14-8-9-17(18)16(10-14)11-19/h8-10,13,15,20H,2-7,12H2,1H3/t13-/m0/s1. The Morgan fingerprint density at radius 2 is 2.00 bits per heavy atom. The van der Waals surface area contributed by atoms with Gasteiger partial charge in [-0.05, 0) is 43.4 Å². The third-order valence-electron chi connectivity index (χ3n) is 4.39. The lowest BCUT2D eigenvalue weighted by Gasteiger charge is -2.23. The smallest absolute Gasteiger partial charge is 0.140 e. The molecule has 1 aromatic rings. The fourth-order valence-corrected chi connectivity index (χ4v) is 3.02. The normalized spacial score (nSPS) is 18.2. The van der Waals surface area contributed by atoms with Crippen molar-refractivity contribution in [2.24, 2.45) is 5.92 Å². The largest absolute Gasteiger partial charge is 0.310 e. The highest BCUT2D eigenvalue weighted by Gasteiger charge is 2.18. The lowest BCUT2D eigenvalue weighted by Crippen LogP contribution is -2.32. The summed E-state index contributed by atoms with van der Waals surface area (Å²) in [6, 6.07) is 7.14. The van der Waals surface area contributed by atoms with E-state index in [1.165, 1.54) is 44.6 Å². The first-order chi connectivity index (χ1) is 9.70. The summed E-state index contributed by atoms with van der Waals surface area (Å²) in [6.07, 6.45) is 8.03. The summed E-state index contributed by atoms with van der Waals surface area (Å²) in [7, 11) is 0. The third-order valence-corrected chi connectivity index (χ3v) is 4.39. The van der Waals surface area contributed by atoms with Crippen LogP contribution < -0.4 is 5.32 Å². The Morgan fingerprint density at radius 3 is 2.65 bits per heavy atom. The van der Waals surface area contributed by atoms with Gasteiger partial charge >= 0.3 is 0 Å². The molecule has 108 valence electrons. The Hall–Kier alpha value is -1.40. The summed E-state index contributed by atoms with van der Waals surface area (Å²) < 4.78 is 13.3. The Labute approximate surface area is 121 Å². The Morgan fingerprint density at radius 1 is 1.30 bits per heavy atom. The van der Waals surface area contributed by atoms with E-state index in [1.807, 2.05) is 6.07 Å². The summed E-state index contributed by atoms with van der Waals surface area (Å²) in [5, 5.41) is 12.4. The average Bonchev–Trinajstić information content (AvgIpc) is 2.75. The van der Waals surface area contributed by atoms with E-state index in [0.717, 1.165) is 11.5 Å². The van der Waals surface area contributed by atoms with Gasteiger partial charge in [-0.25, -0.2) is 4.39 Å². The van der Waals surface area contributed by atoms with E-state index in [2.05, 4.69) is 12.2 Å². The highest BCUT2D eigenvalue weighted by molar-refractivity contribution is 5.34. The second-order valence-electron chi connectivity index (χ2n) is 5.85. The minimum Gasteiger partial charge on any atom is -0.310 e. The molecule has 0 heterocycles. The van der Waals surface area contributed by atoms with E-state index in [4.69, 9.17) is 5.26 Å². The zero-order chi connectivity index (χ0) is 14.4. The van der Waals surface area contributed by atoms with Crippen LogP contribution in [0.3, 0.4) is 0 Å². The van der Waals surface area contributed by atoms with Gasteiger partial charge in [-0.15, -0.1) is 0 Å². The zero-order valence-electron chi connectivity index (χ0n) is 12.2. The van der Waals surface area contributed by atoms with E-state index in [1.54, 1.807) is 12.1 Å². The van der Waals surface area contributed by atoms with Crippen LogP contribution in [-0.4, -0.2) is 6.04 Å². The number of hydrogen-bond acceptors (Lipinski definition) is 2. The number of nitriles is 1. The SMILES string of the molecule is C[C@H](NCc1ccc(F)c(C#N)c1)C1CCCCCC1. The molecule has 1 aliphatic rings. The third kappa shape index (κ3) is 4.05. The van der Waals surface area contributed by atoms with Crippen molar-refractivity contribution < 1.29 is 4.39 Å². The van der Waals surface area contributed by atoms with Gasteiger partial charge in [0.2, 0.25) is 0 Å². The monoisotopic (exact) mass is 274 g/mol. The first-order valence-corrected chi connectivity index (χ1v) is 7.62. The van der Waals surface area contributed by atoms with Crippen molar-refractivity contribution in [3.63, 3.8) is 0 Å². The first-order valence-electron chi connectivity index (χ1n) is 7.62. The molecule has 1 atom stereocenters. The average molecular weight is 274 g/mol. The molecule has 20 heavy (non-hydrogen) atoms. The molecule has 2 nitrogen and oxygen atoms in total. The second kappa shape index (κ2) is 7.40. The van der Waals surface area contributed by atoms with Gasteiger partial charge < -0.3 is 5.32 Å². The van der Waals surface area contributed by atoms with Gasteiger partial charge in [0.05, 0.1) is 5.56 Å². The minimum atomic E-state index is -0.437. The van der Waals surface area contributed by atoms with E-state index >= 15 is 0 Å². The number of benzene rings is 1. The van der Waals surface area contributed by atoms with Crippen LogP contribution in [0.25, 0.3) is 0 Å². The molecule has 0 amide bonds. The van der Waals surface area contributed by atoms with Crippen LogP contribution in [0.15, 0.2) is 18.2 Å². The summed E-state index contributed by atoms with van der Waals surface area (Å²) in [6.45, 7) is 2.94. The quantitative estimate of drug-likeness (QED) is 0.837. The van der Waals surface area contributed by atoms with Crippen molar-refractivity contribution in [2.75, 3.05) is 0 Å². The number of hydrogen-bond donors (Lipinski definition) is 1. The van der Waals surface area contributed by atoms with E-state index in [0.29, 0.717) is 12.6 Å². The molecule has 1 N–H and O–H groups in total. The fraction of sp³-hybridized carbons (Fsp3) is 0.588. The molecule has 2 rings (SSSR count). The van der Waals surface area contributed by atoms with Crippen LogP contribution in [0.5, 0.6) is 0 Å². The van der Waals surface area contributed by atoms with Crippen LogP contribution >= 0.6 is 0 Å². The number of halogens is 1. The predicted octanol–water partition coefficient (Wildman–Crippen LogP) is 4.15. The number of rotatable bonds is 4. The van der Waals surface area contributed by atoms with Crippen molar-refractivity contribution >= 4 is 0 Å². The summed E-state index contributed by atoms with van der Waals surface area (Å²) in [4.78, 5) is 0. The highest BCUT2D eigenvalue weighted by atomic mass is 19.1. The Bertz CT molecular complexity index is 470. The molecule has 3 heteroatoms. The Balaban J connectivity index is 1.89. The van der Waals surface area contributed by atoms with E-state index in [-0.39, 0.29) is 5.56 Å². The van der Waals surface area contributed by atoms with Gasteiger partial charge in [-0.3, -0.25) is 0 Å². The van der Waals surface area contributed by atoms with Gasteiger partial charge in [-0.2, -0.15) is 5.26 Å². The van der Waals surface area contributed by atoms with Crippen LogP contribution in [0, 0.1) is 23.1 Å². The lowest BCUT2D eigenvalue weighted by molar-refractivity contribution is 0.336. The molecule has 0 unspecified atom stereocenters. The maximum Gasteiger partial charge on any atom is 0.140 e. The zero-order valence-corrected chi connectivity index (χ0v) is 12.2. The van der Waals surface area contributed by atoms with Gasteiger partial charge in [0.15, 0.2) is 0 Å². The second-order valence-corrected chi connectivity index (χ2v) is 5.85. The molecule has 0 saturated heterocycles. The molecule has 1 aliphatic carbocycles. The summed E-state index contributed by atoms with van der Waals surface area (Å²) in [5.41, 5.74) is 1.11. The van der Waals surface area contributed by atoms with Crippen LogP contribution in [-0.2, 0) is 6.54 Å². The van der Waals surface area contributed by atoms with Crippen molar-refractivity contribution in [1.82, 2.24) is 5.32 Å². The Kier molecular flexibility index (Phi) is 5.55. The number of nitrogens with one attached hydrogen (secondary N) is 1. The van der Waals surface area contributed by atoms with Gasteiger partial charge in [-0.1, -0.05) is 31.7 Å². The molecular weight excluding hydrogens is 251 g/mol. The highest BCUT2D eigenvalue weighted by Crippen LogP contribution is 2.25. The molecule has 1 saturated carbocycles. The summed E-state index contributed by atoms with van der Waals surface area (Å²) in [5.74, 6) is 0.307. The predicted molar refractivity (Wildman–Crippen MR) is 78.6 cm³/mol. The van der Waals surface area contributed by atoms with Gasteiger partial charge in [0.25, 0.3) is 0 Å². The maximum absolute atomic E-state index is 13.3. The first kappa shape index (κ1) is 15.0. The van der Waals surface area contributed by atoms with Crippen molar-refractivity contribution in [3.8, 4) is 6.07 Å². The topological polar surface area (TPSA) is 35.8 Å². The van der Waals surface area contributed by atoms with E-state index < -0.39 is 5.82 Å². The fourth-order valence-electron chi connectivity index (χ4n) is 3.02. The molecule has 0 aliphatic heterocycles. The van der Waals surface area contributed by atoms with Crippen molar-refractivity contribution in [2.45, 2.75) is 58.0 Å². The summed E-state index contributed by atoms with van der Waals surface area (Å²) >= 11 is 0. The van der Waals surface area contributed by atoms with Crippen molar-refractivity contribution in [1.29, 1.82) is 5.26 Å².